The maximum absolute atomic E-state index is 9.63. The summed E-state index contributed by atoms with van der Waals surface area (Å²) in [7, 11) is 0. The van der Waals surface area contributed by atoms with Crippen LogP contribution in [0.4, 0.5) is 5.88 Å². The molecule has 0 N–H and O–H groups in total. The Bertz CT molecular complexity index is 1080. The fourth-order valence-electron chi connectivity index (χ4n) is 3.01. The maximum Gasteiger partial charge on any atom is 0.235 e. The van der Waals surface area contributed by atoms with Gasteiger partial charge in [0.2, 0.25) is 17.5 Å². The second-order valence-electron chi connectivity index (χ2n) is 6.57. The van der Waals surface area contributed by atoms with Crippen LogP contribution < -0.4 is 4.90 Å². The third-order valence-electron chi connectivity index (χ3n) is 4.44. The Morgan fingerprint density at radius 3 is 2.43 bits per heavy atom. The molecule has 5 nitrogen and oxygen atoms in total. The van der Waals surface area contributed by atoms with E-state index in [1.54, 1.807) is 6.26 Å². The molecule has 0 amide bonds. The lowest BCUT2D eigenvalue weighted by Crippen LogP contribution is -2.22. The quantitative estimate of drug-likeness (QED) is 0.460. The summed E-state index contributed by atoms with van der Waals surface area (Å²) in [5.74, 6) is 1.66. The van der Waals surface area contributed by atoms with E-state index in [1.165, 1.54) is 5.56 Å². The molecule has 0 aliphatic carbocycles. The minimum absolute atomic E-state index is 0.262. The first-order valence-corrected chi connectivity index (χ1v) is 9.02. The Kier molecular flexibility index (Phi) is 4.94. The summed E-state index contributed by atoms with van der Waals surface area (Å²) in [6.45, 7) is 3.10. The molecular weight excluding hydrogens is 350 g/mol. The molecule has 0 aliphatic heterocycles. The van der Waals surface area contributed by atoms with Gasteiger partial charge in [0, 0.05) is 12.1 Å². The van der Waals surface area contributed by atoms with Crippen molar-refractivity contribution in [3.05, 3.63) is 95.6 Å². The van der Waals surface area contributed by atoms with Crippen LogP contribution in [0.1, 0.15) is 22.6 Å². The predicted molar refractivity (Wildman–Crippen MR) is 106 cm³/mol. The molecule has 5 heteroatoms. The van der Waals surface area contributed by atoms with E-state index in [1.807, 2.05) is 47.4 Å². The highest BCUT2D eigenvalue weighted by Gasteiger charge is 2.22. The number of nitrogens with zero attached hydrogens (tertiary/aromatic N) is 3. The van der Waals surface area contributed by atoms with Gasteiger partial charge in [0.15, 0.2) is 0 Å². The molecular formula is C23H19N3O2. The van der Waals surface area contributed by atoms with Gasteiger partial charge in [-0.15, -0.1) is 0 Å². The van der Waals surface area contributed by atoms with E-state index in [9.17, 15) is 5.26 Å². The fourth-order valence-corrected chi connectivity index (χ4v) is 3.01. The number of benzene rings is 2. The second kappa shape index (κ2) is 7.85. The lowest BCUT2D eigenvalue weighted by Gasteiger charge is -2.21. The molecule has 0 aliphatic rings. The van der Waals surface area contributed by atoms with Crippen LogP contribution in [-0.4, -0.2) is 4.98 Å². The smallest absolute Gasteiger partial charge is 0.235 e. The van der Waals surface area contributed by atoms with Crippen LogP contribution in [0.3, 0.4) is 0 Å². The van der Waals surface area contributed by atoms with Crippen molar-refractivity contribution in [2.45, 2.75) is 20.0 Å². The highest BCUT2D eigenvalue weighted by Crippen LogP contribution is 2.30. The van der Waals surface area contributed by atoms with E-state index in [4.69, 9.17) is 8.83 Å². The summed E-state index contributed by atoms with van der Waals surface area (Å²) in [5, 5.41) is 9.63. The van der Waals surface area contributed by atoms with E-state index in [-0.39, 0.29) is 5.69 Å². The summed E-state index contributed by atoms with van der Waals surface area (Å²) >= 11 is 0. The molecule has 0 bridgehead atoms. The van der Waals surface area contributed by atoms with Gasteiger partial charge in [-0.1, -0.05) is 48.0 Å². The molecule has 2 heterocycles. The SMILES string of the molecule is Cc1ccc(CN(Cc2ccco2)c2oc(-c3ccccc3)nc2C#N)cc1. The van der Waals surface area contributed by atoms with E-state index in [0.717, 1.165) is 16.9 Å². The predicted octanol–water partition coefficient (Wildman–Crippen LogP) is 5.32. The first kappa shape index (κ1) is 17.6. The number of nitriles is 1. The molecule has 4 rings (SSSR count). The Morgan fingerprint density at radius 1 is 0.964 bits per heavy atom. The van der Waals surface area contributed by atoms with Crippen molar-refractivity contribution < 1.29 is 8.83 Å². The van der Waals surface area contributed by atoms with Gasteiger partial charge in [-0.25, -0.2) is 0 Å². The van der Waals surface area contributed by atoms with Gasteiger partial charge in [-0.05, 0) is 36.8 Å². The van der Waals surface area contributed by atoms with Crippen molar-refractivity contribution in [1.29, 1.82) is 5.26 Å². The van der Waals surface area contributed by atoms with Crippen molar-refractivity contribution in [3.8, 4) is 17.5 Å². The number of rotatable bonds is 6. The highest BCUT2D eigenvalue weighted by atomic mass is 16.4. The molecule has 28 heavy (non-hydrogen) atoms. The molecule has 0 saturated carbocycles. The van der Waals surface area contributed by atoms with Crippen LogP contribution in [-0.2, 0) is 13.1 Å². The Labute approximate surface area is 163 Å². The number of aryl methyl sites for hydroxylation is 1. The van der Waals surface area contributed by atoms with Crippen molar-refractivity contribution in [3.63, 3.8) is 0 Å². The van der Waals surface area contributed by atoms with E-state index in [0.29, 0.717) is 24.9 Å². The highest BCUT2D eigenvalue weighted by molar-refractivity contribution is 5.59. The van der Waals surface area contributed by atoms with Gasteiger partial charge in [-0.3, -0.25) is 0 Å². The van der Waals surface area contributed by atoms with Crippen LogP contribution in [0.2, 0.25) is 0 Å². The normalized spacial score (nSPS) is 10.6. The van der Waals surface area contributed by atoms with Crippen LogP contribution in [0.15, 0.2) is 81.8 Å². The zero-order chi connectivity index (χ0) is 19.3. The molecule has 0 saturated heterocycles. The first-order valence-electron chi connectivity index (χ1n) is 9.02. The van der Waals surface area contributed by atoms with Crippen molar-refractivity contribution in [2.24, 2.45) is 0 Å². The summed E-state index contributed by atoms with van der Waals surface area (Å²) in [5.41, 5.74) is 3.40. The molecule has 2 aromatic heterocycles. The van der Waals surface area contributed by atoms with Gasteiger partial charge in [0.1, 0.15) is 11.8 Å². The number of anilines is 1. The summed E-state index contributed by atoms with van der Waals surface area (Å²) in [6, 6.07) is 23.8. The van der Waals surface area contributed by atoms with Crippen molar-refractivity contribution >= 4 is 5.88 Å². The van der Waals surface area contributed by atoms with Gasteiger partial charge >= 0.3 is 0 Å². The monoisotopic (exact) mass is 369 g/mol. The zero-order valence-corrected chi connectivity index (χ0v) is 15.5. The topological polar surface area (TPSA) is 66.2 Å². The molecule has 4 aromatic rings. The van der Waals surface area contributed by atoms with Crippen molar-refractivity contribution in [2.75, 3.05) is 4.90 Å². The molecule has 138 valence electrons. The third kappa shape index (κ3) is 3.81. The van der Waals surface area contributed by atoms with Crippen LogP contribution in [0.25, 0.3) is 11.5 Å². The van der Waals surface area contributed by atoms with Crippen molar-refractivity contribution in [1.82, 2.24) is 4.98 Å². The van der Waals surface area contributed by atoms with Gasteiger partial charge < -0.3 is 13.7 Å². The number of hydrogen-bond acceptors (Lipinski definition) is 5. The van der Waals surface area contributed by atoms with Gasteiger partial charge in [-0.2, -0.15) is 10.2 Å². The van der Waals surface area contributed by atoms with E-state index < -0.39 is 0 Å². The molecule has 0 radical (unpaired) electrons. The molecule has 2 aromatic carbocycles. The Balaban J connectivity index is 1.72. The summed E-state index contributed by atoms with van der Waals surface area (Å²) < 4.78 is 11.6. The maximum atomic E-state index is 9.63. The number of hydrogen-bond donors (Lipinski definition) is 0. The Hall–Kier alpha value is -3.78. The van der Waals surface area contributed by atoms with Crippen LogP contribution in [0, 0.1) is 18.3 Å². The van der Waals surface area contributed by atoms with E-state index >= 15 is 0 Å². The first-order chi connectivity index (χ1) is 13.7. The minimum atomic E-state index is 0.262. The largest absolute Gasteiger partial charge is 0.467 e. The lowest BCUT2D eigenvalue weighted by atomic mass is 10.1. The standard InChI is InChI=1S/C23H19N3O2/c1-17-9-11-18(12-10-17)15-26(16-20-8-5-13-27-20)23-21(14-24)25-22(28-23)19-6-3-2-4-7-19/h2-13H,15-16H2,1H3. The molecule has 0 atom stereocenters. The average molecular weight is 369 g/mol. The lowest BCUT2D eigenvalue weighted by molar-refractivity contribution is 0.483. The molecule has 0 fully saturated rings. The van der Waals surface area contributed by atoms with Crippen LogP contribution >= 0.6 is 0 Å². The number of aromatic nitrogens is 1. The zero-order valence-electron chi connectivity index (χ0n) is 15.5. The number of oxazole rings is 1. The van der Waals surface area contributed by atoms with Crippen LogP contribution in [0.5, 0.6) is 0 Å². The summed E-state index contributed by atoms with van der Waals surface area (Å²) in [4.78, 5) is 6.38. The molecule has 0 spiro atoms. The third-order valence-corrected chi connectivity index (χ3v) is 4.44. The Morgan fingerprint density at radius 2 is 1.75 bits per heavy atom. The minimum Gasteiger partial charge on any atom is -0.467 e. The fraction of sp³-hybridized carbons (Fsp3) is 0.130. The molecule has 0 unspecified atom stereocenters. The van der Waals surface area contributed by atoms with Gasteiger partial charge in [0.05, 0.1) is 12.8 Å². The number of furan rings is 1. The summed E-state index contributed by atoms with van der Waals surface area (Å²) in [6.07, 6.45) is 1.64. The van der Waals surface area contributed by atoms with E-state index in [2.05, 4.69) is 42.2 Å². The average Bonchev–Trinajstić information content (AvgIpc) is 3.39. The van der Waals surface area contributed by atoms with Gasteiger partial charge in [0.25, 0.3) is 0 Å². The second-order valence-corrected chi connectivity index (χ2v) is 6.57.